The molecule has 0 radical (unpaired) electrons. The second-order valence-electron chi connectivity index (χ2n) is 3.24. The molecular weight excluding hydrogens is 150 g/mol. The van der Waals surface area contributed by atoms with Crippen LogP contribution in [-0.2, 0) is 4.79 Å². The number of carbonyl (C=O) groups is 1. The molecule has 0 aromatic rings. The summed E-state index contributed by atoms with van der Waals surface area (Å²) >= 11 is 0. The average molecular weight is 165 g/mol. The maximum Gasteiger partial charge on any atom is 0.133 e. The van der Waals surface area contributed by atoms with Crippen molar-refractivity contribution in [1.82, 2.24) is 0 Å². The molecule has 0 aromatic heterocycles. The molecule has 1 aliphatic rings. The van der Waals surface area contributed by atoms with Gasteiger partial charge in [0.15, 0.2) is 0 Å². The van der Waals surface area contributed by atoms with E-state index in [2.05, 4.69) is 11.9 Å². The average Bonchev–Trinajstić information content (AvgIpc) is 2.51. The molecule has 12 heavy (non-hydrogen) atoms. The first kappa shape index (κ1) is 9.17. The summed E-state index contributed by atoms with van der Waals surface area (Å²) in [7, 11) is 0. The number of rotatable bonds is 4. The number of allylic oxidation sites excluding steroid dienone is 1. The molecule has 2 heteroatoms. The third-order valence-electron chi connectivity index (χ3n) is 2.29. The van der Waals surface area contributed by atoms with Gasteiger partial charge >= 0.3 is 0 Å². The Kier molecular flexibility index (Phi) is 3.20. The monoisotopic (exact) mass is 165 g/mol. The minimum Gasteiger partial charge on any atom is -0.300 e. The first-order chi connectivity index (χ1) is 5.74. The van der Waals surface area contributed by atoms with Gasteiger partial charge in [-0.3, -0.25) is 9.79 Å². The quantitative estimate of drug-likeness (QED) is 0.628. The Labute approximate surface area is 73.4 Å². The van der Waals surface area contributed by atoms with Crippen molar-refractivity contribution in [2.24, 2.45) is 10.9 Å². The molecule has 0 bridgehead atoms. The van der Waals surface area contributed by atoms with Crippen LogP contribution in [0.25, 0.3) is 0 Å². The van der Waals surface area contributed by atoms with Crippen LogP contribution in [0.5, 0.6) is 0 Å². The largest absolute Gasteiger partial charge is 0.300 e. The number of hydrogen-bond donors (Lipinski definition) is 0. The highest BCUT2D eigenvalue weighted by Gasteiger charge is 2.14. The van der Waals surface area contributed by atoms with Gasteiger partial charge in [-0.2, -0.15) is 0 Å². The van der Waals surface area contributed by atoms with Crippen LogP contribution >= 0.6 is 0 Å². The smallest absolute Gasteiger partial charge is 0.133 e. The number of hydrogen-bond acceptors (Lipinski definition) is 2. The highest BCUT2D eigenvalue weighted by atomic mass is 16.1. The number of aliphatic imine (C=N–C) groups is 1. The first-order valence-corrected chi connectivity index (χ1v) is 4.44. The SMILES string of the molecule is CC[C@@H](CC1=CN=CC1)C(C)=O. The van der Waals surface area contributed by atoms with Gasteiger partial charge in [-0.25, -0.2) is 0 Å². The van der Waals surface area contributed by atoms with Crippen LogP contribution in [0.4, 0.5) is 0 Å². The molecule has 0 amide bonds. The molecule has 0 saturated heterocycles. The summed E-state index contributed by atoms with van der Waals surface area (Å²) in [6, 6.07) is 0. The van der Waals surface area contributed by atoms with E-state index in [9.17, 15) is 4.79 Å². The molecule has 1 rings (SSSR count). The molecule has 0 fully saturated rings. The Morgan fingerprint density at radius 3 is 2.92 bits per heavy atom. The molecule has 2 nitrogen and oxygen atoms in total. The van der Waals surface area contributed by atoms with Gasteiger partial charge in [-0.15, -0.1) is 0 Å². The van der Waals surface area contributed by atoms with Gasteiger partial charge in [-0.1, -0.05) is 6.92 Å². The molecule has 0 aromatic carbocycles. The Balaban J connectivity index is 2.43. The van der Waals surface area contributed by atoms with E-state index < -0.39 is 0 Å². The van der Waals surface area contributed by atoms with E-state index in [0.717, 1.165) is 19.3 Å². The molecule has 1 atom stereocenters. The van der Waals surface area contributed by atoms with Gasteiger partial charge in [0.2, 0.25) is 0 Å². The molecule has 0 saturated carbocycles. The van der Waals surface area contributed by atoms with Crippen molar-refractivity contribution in [1.29, 1.82) is 0 Å². The minimum atomic E-state index is 0.206. The molecule has 0 aliphatic carbocycles. The highest BCUT2D eigenvalue weighted by Crippen LogP contribution is 2.20. The number of carbonyl (C=O) groups excluding carboxylic acids is 1. The fourth-order valence-corrected chi connectivity index (χ4v) is 1.41. The van der Waals surface area contributed by atoms with E-state index in [4.69, 9.17) is 0 Å². The van der Waals surface area contributed by atoms with Gasteiger partial charge in [0.1, 0.15) is 5.78 Å². The Morgan fingerprint density at radius 1 is 1.75 bits per heavy atom. The predicted molar refractivity (Wildman–Crippen MR) is 50.3 cm³/mol. The molecule has 0 N–H and O–H groups in total. The fraction of sp³-hybridized carbons (Fsp3) is 0.600. The lowest BCUT2D eigenvalue weighted by atomic mass is 9.93. The van der Waals surface area contributed by atoms with Crippen molar-refractivity contribution >= 4 is 12.0 Å². The van der Waals surface area contributed by atoms with E-state index in [0.29, 0.717) is 5.78 Å². The molecule has 0 unspecified atom stereocenters. The lowest BCUT2D eigenvalue weighted by molar-refractivity contribution is -0.120. The van der Waals surface area contributed by atoms with Crippen LogP contribution in [0.1, 0.15) is 33.1 Å². The summed E-state index contributed by atoms with van der Waals surface area (Å²) in [4.78, 5) is 15.1. The van der Waals surface area contributed by atoms with E-state index in [1.807, 2.05) is 12.4 Å². The maximum absolute atomic E-state index is 11.1. The van der Waals surface area contributed by atoms with Gasteiger partial charge in [0.05, 0.1) is 0 Å². The van der Waals surface area contributed by atoms with Crippen molar-refractivity contribution in [3.63, 3.8) is 0 Å². The summed E-state index contributed by atoms with van der Waals surface area (Å²) in [5.41, 5.74) is 1.29. The van der Waals surface area contributed by atoms with Crippen LogP contribution in [0.2, 0.25) is 0 Å². The van der Waals surface area contributed by atoms with Crippen molar-refractivity contribution < 1.29 is 4.79 Å². The van der Waals surface area contributed by atoms with Gasteiger partial charge in [0.25, 0.3) is 0 Å². The zero-order valence-electron chi connectivity index (χ0n) is 7.71. The van der Waals surface area contributed by atoms with E-state index in [1.165, 1.54) is 5.57 Å². The van der Waals surface area contributed by atoms with Crippen LogP contribution in [0, 0.1) is 5.92 Å². The summed E-state index contributed by atoms with van der Waals surface area (Å²) in [6.07, 6.45) is 6.54. The van der Waals surface area contributed by atoms with Gasteiger partial charge in [0, 0.05) is 24.8 Å². The fourth-order valence-electron chi connectivity index (χ4n) is 1.41. The third kappa shape index (κ3) is 2.29. The van der Waals surface area contributed by atoms with E-state index >= 15 is 0 Å². The zero-order chi connectivity index (χ0) is 8.97. The number of Topliss-reactive ketones (excluding diaryl/α,β-unsaturated/α-hetero) is 1. The lowest BCUT2D eigenvalue weighted by Gasteiger charge is -2.10. The predicted octanol–water partition coefficient (Wildman–Crippen LogP) is 2.35. The van der Waals surface area contributed by atoms with E-state index in [-0.39, 0.29) is 5.92 Å². The standard InChI is InChI=1S/C10H15NO/c1-3-10(8(2)12)6-9-4-5-11-7-9/h5,7,10H,3-4,6H2,1-2H3/t10-/m0/s1. The first-order valence-electron chi connectivity index (χ1n) is 4.44. The van der Waals surface area contributed by atoms with Crippen LogP contribution < -0.4 is 0 Å². The van der Waals surface area contributed by atoms with E-state index in [1.54, 1.807) is 6.92 Å². The van der Waals surface area contributed by atoms with Crippen LogP contribution in [0.15, 0.2) is 16.8 Å². The van der Waals surface area contributed by atoms with Gasteiger partial charge < -0.3 is 0 Å². The summed E-state index contributed by atoms with van der Waals surface area (Å²) < 4.78 is 0. The molecular formula is C10H15NO. The Hall–Kier alpha value is -0.920. The van der Waals surface area contributed by atoms with Gasteiger partial charge in [-0.05, 0) is 25.3 Å². The second kappa shape index (κ2) is 4.19. The normalized spacial score (nSPS) is 17.7. The molecule has 1 aliphatic heterocycles. The molecule has 66 valence electrons. The summed E-state index contributed by atoms with van der Waals surface area (Å²) in [5.74, 6) is 0.503. The van der Waals surface area contributed by atoms with Crippen LogP contribution in [0.3, 0.4) is 0 Å². The lowest BCUT2D eigenvalue weighted by Crippen LogP contribution is -2.10. The Morgan fingerprint density at radius 2 is 2.50 bits per heavy atom. The summed E-state index contributed by atoms with van der Waals surface area (Å²) in [5, 5.41) is 0. The second-order valence-corrected chi connectivity index (χ2v) is 3.24. The highest BCUT2D eigenvalue weighted by molar-refractivity contribution is 5.78. The summed E-state index contributed by atoms with van der Waals surface area (Å²) in [6.45, 7) is 3.73. The van der Waals surface area contributed by atoms with Crippen molar-refractivity contribution in [2.75, 3.05) is 0 Å². The third-order valence-corrected chi connectivity index (χ3v) is 2.29. The number of ketones is 1. The van der Waals surface area contributed by atoms with Crippen molar-refractivity contribution in [2.45, 2.75) is 33.1 Å². The number of nitrogens with zero attached hydrogens (tertiary/aromatic N) is 1. The topological polar surface area (TPSA) is 29.4 Å². The van der Waals surface area contributed by atoms with Crippen LogP contribution in [-0.4, -0.2) is 12.0 Å². The van der Waals surface area contributed by atoms with Crippen molar-refractivity contribution in [3.8, 4) is 0 Å². The molecule has 1 heterocycles. The zero-order valence-corrected chi connectivity index (χ0v) is 7.71. The Bertz CT molecular complexity index is 228. The van der Waals surface area contributed by atoms with Crippen molar-refractivity contribution in [3.05, 3.63) is 11.8 Å². The minimum absolute atomic E-state index is 0.206. The molecule has 0 spiro atoms. The maximum atomic E-state index is 11.1.